The molecule has 0 atom stereocenters. The van der Waals surface area contributed by atoms with Crippen LogP contribution in [0.2, 0.25) is 0 Å². The van der Waals surface area contributed by atoms with Gasteiger partial charge in [0.2, 0.25) is 0 Å². The van der Waals surface area contributed by atoms with Gasteiger partial charge in [0.25, 0.3) is 0 Å². The first-order valence-electron chi connectivity index (χ1n) is 2.82. The van der Waals surface area contributed by atoms with Crippen LogP contribution in [0.5, 0.6) is 0 Å². The molecule has 76 valence electrons. The molecule has 0 aliphatic carbocycles. The van der Waals surface area contributed by atoms with Crippen LogP contribution in [0, 0.1) is 0 Å². The van der Waals surface area contributed by atoms with Gasteiger partial charge in [-0.05, 0) is 0 Å². The number of hydrogen-bond acceptors (Lipinski definition) is 4. The van der Waals surface area contributed by atoms with Crippen molar-refractivity contribution in [3.63, 3.8) is 0 Å². The van der Waals surface area contributed by atoms with Gasteiger partial charge in [0.05, 0.1) is 0 Å². The minimum Gasteiger partial charge on any atom is -0.542 e. The van der Waals surface area contributed by atoms with Gasteiger partial charge < -0.3 is 19.2 Å². The number of rotatable bonds is 0. The Hall–Kier alpha value is -0.801. The summed E-state index contributed by atoms with van der Waals surface area (Å²) in [5, 5.41) is 0. The summed E-state index contributed by atoms with van der Waals surface area (Å²) in [6.07, 6.45) is 6.00. The summed E-state index contributed by atoms with van der Waals surface area (Å²) in [6.45, 7) is 5.28. The van der Waals surface area contributed by atoms with Crippen LogP contribution >= 0.6 is 0 Å². The van der Waals surface area contributed by atoms with Crippen molar-refractivity contribution in [3.05, 3.63) is 0 Å². The Labute approximate surface area is 89.6 Å². The molecule has 0 bridgehead atoms. The molecule has 4 nitrogen and oxygen atoms in total. The van der Waals surface area contributed by atoms with Crippen LogP contribution in [0.1, 0.15) is 27.7 Å². The van der Waals surface area contributed by atoms with Crippen LogP contribution in [0.4, 0.5) is 0 Å². The van der Waals surface area contributed by atoms with Gasteiger partial charge in [-0.3, -0.25) is 25.1 Å². The van der Waals surface area contributed by atoms with Crippen molar-refractivity contribution < 1.29 is 36.2 Å². The summed E-state index contributed by atoms with van der Waals surface area (Å²) in [5.41, 5.74) is 0. The molecule has 0 unspecified atom stereocenters. The van der Waals surface area contributed by atoms with Crippen molar-refractivity contribution in [1.29, 1.82) is 0 Å². The van der Waals surface area contributed by atoms with Crippen LogP contribution in [0.25, 0.3) is 0 Å². The van der Waals surface area contributed by atoms with Gasteiger partial charge in [-0.2, -0.15) is 27.7 Å². The van der Waals surface area contributed by atoms with E-state index in [1.165, 1.54) is 52.8 Å². The molecule has 13 heavy (non-hydrogen) atoms. The molecule has 0 fully saturated rings. The molecule has 0 N–H and O–H groups in total. The molecule has 0 radical (unpaired) electrons. The fourth-order valence-electron chi connectivity index (χ4n) is 0. The Morgan fingerprint density at radius 2 is 0.538 bits per heavy atom. The molecule has 0 aromatic carbocycles. The monoisotopic (exact) mass is 228 g/mol. The normalized spacial score (nSPS) is 4.00. The van der Waals surface area contributed by atoms with Gasteiger partial charge in [0.15, 0.2) is 0 Å². The molecular weight excluding hydrogens is 216 g/mol. The van der Waals surface area contributed by atoms with Crippen molar-refractivity contribution in [1.82, 2.24) is 0 Å². The SMILES string of the molecule is C[C-]=O.C[C-]=O.C[C-]=O.C[C-]=O.[Fe+4]. The van der Waals surface area contributed by atoms with Crippen LogP contribution in [-0.4, -0.2) is 25.1 Å². The van der Waals surface area contributed by atoms with E-state index in [1.54, 1.807) is 0 Å². The molecule has 0 rings (SSSR count). The average Bonchev–Trinajstić information content (AvgIpc) is 1.92. The topological polar surface area (TPSA) is 68.3 Å². The maximum Gasteiger partial charge on any atom is 4.00 e. The standard InChI is InChI=1S/4C2H3O.Fe/c4*1-2-3;/h4*1H3;/q4*-1;+4. The van der Waals surface area contributed by atoms with Gasteiger partial charge in [0, 0.05) is 0 Å². The second-order valence-corrected chi connectivity index (χ2v) is 0.816. The van der Waals surface area contributed by atoms with E-state index in [1.807, 2.05) is 0 Å². The summed E-state index contributed by atoms with van der Waals surface area (Å²) in [7, 11) is 0. The molecular formula is C8H12FeO4. The van der Waals surface area contributed by atoms with Gasteiger partial charge in [-0.1, -0.05) is 0 Å². The Balaban J connectivity index is -0.0000000213. The third-order valence-corrected chi connectivity index (χ3v) is 0. The maximum absolute atomic E-state index is 8.68. The van der Waals surface area contributed by atoms with Gasteiger partial charge in [-0.15, -0.1) is 0 Å². The molecule has 0 aliphatic rings. The fraction of sp³-hybridized carbons (Fsp3) is 0.500. The van der Waals surface area contributed by atoms with E-state index in [4.69, 9.17) is 19.2 Å². The largest absolute Gasteiger partial charge is 4.00 e. The van der Waals surface area contributed by atoms with E-state index in [2.05, 4.69) is 0 Å². The Bertz CT molecular complexity index is 70.1. The third kappa shape index (κ3) is 1480. The zero-order valence-electron chi connectivity index (χ0n) is 7.99. The smallest absolute Gasteiger partial charge is 0.542 e. The molecule has 0 heterocycles. The van der Waals surface area contributed by atoms with Crippen molar-refractivity contribution >= 4 is 25.1 Å². The summed E-state index contributed by atoms with van der Waals surface area (Å²) in [4.78, 5) is 34.7. The first-order chi connectivity index (χ1) is 5.66. The second-order valence-electron chi connectivity index (χ2n) is 0.816. The number of carbonyl (C=O) groups excluding carboxylic acids is 4. The maximum atomic E-state index is 8.68. The van der Waals surface area contributed by atoms with Gasteiger partial charge in [-0.25, -0.2) is 0 Å². The van der Waals surface area contributed by atoms with Crippen molar-refractivity contribution in [2.45, 2.75) is 27.7 Å². The first kappa shape index (κ1) is 29.5. The van der Waals surface area contributed by atoms with Crippen molar-refractivity contribution in [3.8, 4) is 0 Å². The summed E-state index contributed by atoms with van der Waals surface area (Å²) in [5.74, 6) is 0. The Kier molecular flexibility index (Phi) is 258. The van der Waals surface area contributed by atoms with Crippen LogP contribution < -0.4 is 0 Å². The molecule has 0 spiro atoms. The zero-order chi connectivity index (χ0) is 10.8. The van der Waals surface area contributed by atoms with Crippen LogP contribution in [0.15, 0.2) is 0 Å². The van der Waals surface area contributed by atoms with E-state index in [9.17, 15) is 0 Å². The predicted molar refractivity (Wildman–Crippen MR) is 45.5 cm³/mol. The average molecular weight is 228 g/mol. The predicted octanol–water partition coefficient (Wildman–Crippen LogP) is 0.462. The van der Waals surface area contributed by atoms with Crippen molar-refractivity contribution in [2.75, 3.05) is 0 Å². The fourth-order valence-corrected chi connectivity index (χ4v) is 0. The summed E-state index contributed by atoms with van der Waals surface area (Å²) >= 11 is 0. The molecule has 0 aromatic heterocycles. The quantitative estimate of drug-likeness (QED) is 0.446. The minimum absolute atomic E-state index is 0. The third-order valence-electron chi connectivity index (χ3n) is 0. The summed E-state index contributed by atoms with van der Waals surface area (Å²) in [6, 6.07) is 0. The van der Waals surface area contributed by atoms with E-state index in [0.29, 0.717) is 0 Å². The number of hydrogen-bond donors (Lipinski definition) is 0. The van der Waals surface area contributed by atoms with E-state index in [-0.39, 0.29) is 17.1 Å². The van der Waals surface area contributed by atoms with E-state index in [0.717, 1.165) is 0 Å². The Morgan fingerprint density at radius 1 is 0.538 bits per heavy atom. The van der Waals surface area contributed by atoms with E-state index >= 15 is 0 Å². The molecule has 0 saturated carbocycles. The molecule has 0 aliphatic heterocycles. The molecule has 0 amide bonds. The zero-order valence-corrected chi connectivity index (χ0v) is 9.09. The molecule has 0 aromatic rings. The van der Waals surface area contributed by atoms with Gasteiger partial charge in [0.1, 0.15) is 0 Å². The first-order valence-corrected chi connectivity index (χ1v) is 2.82. The second kappa shape index (κ2) is 114. The van der Waals surface area contributed by atoms with Crippen molar-refractivity contribution in [2.24, 2.45) is 0 Å². The molecule has 5 heteroatoms. The van der Waals surface area contributed by atoms with E-state index < -0.39 is 0 Å². The molecule has 0 saturated heterocycles. The minimum atomic E-state index is 0. The van der Waals surface area contributed by atoms with Crippen LogP contribution in [-0.2, 0) is 36.2 Å². The van der Waals surface area contributed by atoms with Gasteiger partial charge >= 0.3 is 17.1 Å². The summed E-state index contributed by atoms with van der Waals surface area (Å²) < 4.78 is 0. The Morgan fingerprint density at radius 3 is 0.538 bits per heavy atom. The van der Waals surface area contributed by atoms with Crippen LogP contribution in [0.3, 0.4) is 0 Å².